The minimum atomic E-state index is -0.617. The lowest BCUT2D eigenvalue weighted by molar-refractivity contribution is 0.559. The first-order chi connectivity index (χ1) is 9.15. The van der Waals surface area contributed by atoms with E-state index in [1.807, 2.05) is 0 Å². The van der Waals surface area contributed by atoms with E-state index in [2.05, 4.69) is 15.0 Å². The van der Waals surface area contributed by atoms with Crippen LogP contribution in [0.15, 0.2) is 30.5 Å². The minimum Gasteiger partial charge on any atom is -0.383 e. The fourth-order valence-corrected chi connectivity index (χ4v) is 1.95. The van der Waals surface area contributed by atoms with Gasteiger partial charge in [0.2, 0.25) is 0 Å². The van der Waals surface area contributed by atoms with Crippen molar-refractivity contribution in [1.82, 2.24) is 15.0 Å². The van der Waals surface area contributed by atoms with Gasteiger partial charge in [0.15, 0.2) is 0 Å². The molecule has 96 valence electrons. The molecule has 0 radical (unpaired) electrons. The van der Waals surface area contributed by atoms with E-state index in [0.717, 1.165) is 0 Å². The average molecular weight is 260 g/mol. The highest BCUT2D eigenvalue weighted by Crippen LogP contribution is 2.19. The number of benzene rings is 1. The number of nitrogens with one attached hydrogen (secondary N) is 1. The molecule has 0 aliphatic rings. The van der Waals surface area contributed by atoms with Crippen LogP contribution in [0.3, 0.4) is 0 Å². The highest BCUT2D eigenvalue weighted by Gasteiger charge is 2.12. The molecule has 0 saturated carbocycles. The van der Waals surface area contributed by atoms with Crippen molar-refractivity contribution in [2.24, 2.45) is 0 Å². The lowest BCUT2D eigenvalue weighted by atomic mass is 10.1. The van der Waals surface area contributed by atoms with E-state index in [4.69, 9.17) is 5.73 Å². The van der Waals surface area contributed by atoms with Crippen molar-refractivity contribution in [2.45, 2.75) is 6.42 Å². The molecular formula is C13H10F2N4. The summed E-state index contributed by atoms with van der Waals surface area (Å²) in [5, 5.41) is 0.692. The van der Waals surface area contributed by atoms with Crippen molar-refractivity contribution in [1.29, 1.82) is 0 Å². The Kier molecular flexibility index (Phi) is 2.63. The first kappa shape index (κ1) is 11.6. The summed E-state index contributed by atoms with van der Waals surface area (Å²) in [6, 6.07) is 5.47. The third-order valence-electron chi connectivity index (χ3n) is 2.89. The number of rotatable bonds is 2. The van der Waals surface area contributed by atoms with Crippen LogP contribution in [0.1, 0.15) is 11.4 Å². The van der Waals surface area contributed by atoms with Crippen LogP contribution in [0.5, 0.6) is 0 Å². The molecule has 0 aliphatic heterocycles. The second kappa shape index (κ2) is 4.31. The third-order valence-corrected chi connectivity index (χ3v) is 2.89. The maximum Gasteiger partial charge on any atom is 0.143 e. The van der Waals surface area contributed by atoms with Crippen LogP contribution in [-0.4, -0.2) is 15.0 Å². The molecule has 4 nitrogen and oxygen atoms in total. The molecule has 0 atom stereocenters. The topological polar surface area (TPSA) is 67.6 Å². The molecule has 1 aromatic carbocycles. The van der Waals surface area contributed by atoms with Crippen molar-refractivity contribution in [3.63, 3.8) is 0 Å². The fourth-order valence-electron chi connectivity index (χ4n) is 1.95. The molecule has 6 heteroatoms. The van der Waals surface area contributed by atoms with Crippen molar-refractivity contribution >= 4 is 16.9 Å². The molecule has 0 aliphatic carbocycles. The van der Waals surface area contributed by atoms with Crippen molar-refractivity contribution < 1.29 is 8.78 Å². The Balaban J connectivity index is 2.06. The summed E-state index contributed by atoms with van der Waals surface area (Å²) in [5.41, 5.74) is 6.27. The zero-order valence-electron chi connectivity index (χ0n) is 9.82. The standard InChI is InChI=1S/C13H10F2N4/c14-9-2-1-3-10(15)8(9)6-11-18-12(16)7-4-5-17-13(7)19-11/h1-5H,6H2,(H3,16,17,18,19). The molecule has 0 unspecified atom stereocenters. The summed E-state index contributed by atoms with van der Waals surface area (Å²) >= 11 is 0. The molecule has 0 saturated heterocycles. The van der Waals surface area contributed by atoms with E-state index < -0.39 is 11.6 Å². The van der Waals surface area contributed by atoms with E-state index in [0.29, 0.717) is 11.0 Å². The SMILES string of the molecule is Nc1nc(Cc2c(F)cccc2F)nc2[nH]ccc12. The summed E-state index contributed by atoms with van der Waals surface area (Å²) in [5.74, 6) is -0.669. The molecule has 0 bridgehead atoms. The van der Waals surface area contributed by atoms with E-state index >= 15 is 0 Å². The van der Waals surface area contributed by atoms with Gasteiger partial charge < -0.3 is 10.7 Å². The number of fused-ring (bicyclic) bond motifs is 1. The number of nitrogen functional groups attached to an aromatic ring is 1. The van der Waals surface area contributed by atoms with Crippen molar-refractivity contribution in [3.8, 4) is 0 Å². The molecule has 0 amide bonds. The van der Waals surface area contributed by atoms with Gasteiger partial charge in [0, 0.05) is 18.2 Å². The number of nitrogens with zero attached hydrogens (tertiary/aromatic N) is 2. The van der Waals surface area contributed by atoms with Crippen LogP contribution in [0.2, 0.25) is 0 Å². The summed E-state index contributed by atoms with van der Waals surface area (Å²) in [6.07, 6.45) is 1.64. The zero-order valence-corrected chi connectivity index (χ0v) is 9.82. The number of aromatic amines is 1. The van der Waals surface area contributed by atoms with Gasteiger partial charge in [-0.15, -0.1) is 0 Å². The van der Waals surface area contributed by atoms with Gasteiger partial charge in [0.05, 0.1) is 5.39 Å². The number of hydrogen-bond acceptors (Lipinski definition) is 3. The maximum absolute atomic E-state index is 13.6. The predicted molar refractivity (Wildman–Crippen MR) is 67.5 cm³/mol. The Morgan fingerprint density at radius 3 is 2.58 bits per heavy atom. The van der Waals surface area contributed by atoms with Gasteiger partial charge in [0.1, 0.15) is 28.9 Å². The summed E-state index contributed by atoms with van der Waals surface area (Å²) in [6.45, 7) is 0. The summed E-state index contributed by atoms with van der Waals surface area (Å²) in [7, 11) is 0. The normalized spacial score (nSPS) is 11.1. The summed E-state index contributed by atoms with van der Waals surface area (Å²) < 4.78 is 27.1. The molecular weight excluding hydrogens is 250 g/mol. The third kappa shape index (κ3) is 2.01. The first-order valence-electron chi connectivity index (χ1n) is 5.67. The van der Waals surface area contributed by atoms with Crippen LogP contribution < -0.4 is 5.73 Å². The maximum atomic E-state index is 13.6. The second-order valence-electron chi connectivity index (χ2n) is 4.14. The van der Waals surface area contributed by atoms with Gasteiger partial charge in [0.25, 0.3) is 0 Å². The number of aromatic nitrogens is 3. The largest absolute Gasteiger partial charge is 0.383 e. The van der Waals surface area contributed by atoms with Crippen LogP contribution in [0, 0.1) is 11.6 Å². The molecule has 2 heterocycles. The van der Waals surface area contributed by atoms with Gasteiger partial charge in [-0.1, -0.05) is 6.07 Å². The lowest BCUT2D eigenvalue weighted by Gasteiger charge is -2.05. The number of anilines is 1. The summed E-state index contributed by atoms with van der Waals surface area (Å²) in [4.78, 5) is 11.2. The van der Waals surface area contributed by atoms with E-state index in [1.54, 1.807) is 12.3 Å². The molecule has 3 rings (SSSR count). The van der Waals surface area contributed by atoms with E-state index in [1.165, 1.54) is 18.2 Å². The highest BCUT2D eigenvalue weighted by molar-refractivity contribution is 5.85. The number of H-pyrrole nitrogens is 1. The van der Waals surface area contributed by atoms with Crippen LogP contribution >= 0.6 is 0 Å². The highest BCUT2D eigenvalue weighted by atomic mass is 19.1. The predicted octanol–water partition coefficient (Wildman–Crippen LogP) is 2.41. The monoisotopic (exact) mass is 260 g/mol. The van der Waals surface area contributed by atoms with Crippen LogP contribution in [0.25, 0.3) is 11.0 Å². The van der Waals surface area contributed by atoms with Gasteiger partial charge >= 0.3 is 0 Å². The average Bonchev–Trinajstić information content (AvgIpc) is 2.83. The Morgan fingerprint density at radius 1 is 1.11 bits per heavy atom. The van der Waals surface area contributed by atoms with Gasteiger partial charge in [-0.2, -0.15) is 0 Å². The van der Waals surface area contributed by atoms with Crippen molar-refractivity contribution in [2.75, 3.05) is 5.73 Å². The molecule has 3 N–H and O–H groups in total. The number of nitrogens with two attached hydrogens (primary N) is 1. The Bertz CT molecular complexity index is 731. The Labute approximate surface area is 107 Å². The molecule has 3 aromatic rings. The quantitative estimate of drug-likeness (QED) is 0.743. The molecule has 2 aromatic heterocycles. The van der Waals surface area contributed by atoms with Crippen molar-refractivity contribution in [3.05, 3.63) is 53.5 Å². The van der Waals surface area contributed by atoms with Crippen LogP contribution in [-0.2, 0) is 6.42 Å². The molecule has 0 spiro atoms. The molecule has 0 fully saturated rings. The molecule has 19 heavy (non-hydrogen) atoms. The Morgan fingerprint density at radius 2 is 1.84 bits per heavy atom. The van der Waals surface area contributed by atoms with Gasteiger partial charge in [-0.05, 0) is 18.2 Å². The van der Waals surface area contributed by atoms with E-state index in [-0.39, 0.29) is 23.6 Å². The first-order valence-corrected chi connectivity index (χ1v) is 5.67. The zero-order chi connectivity index (χ0) is 13.4. The van der Waals surface area contributed by atoms with Crippen LogP contribution in [0.4, 0.5) is 14.6 Å². The van der Waals surface area contributed by atoms with Gasteiger partial charge in [-0.3, -0.25) is 0 Å². The second-order valence-corrected chi connectivity index (χ2v) is 4.14. The minimum absolute atomic E-state index is 0.0440. The van der Waals surface area contributed by atoms with E-state index in [9.17, 15) is 8.78 Å². The number of hydrogen-bond donors (Lipinski definition) is 2. The fraction of sp³-hybridized carbons (Fsp3) is 0.0769. The van der Waals surface area contributed by atoms with Gasteiger partial charge in [-0.25, -0.2) is 18.7 Å². The number of halogens is 2. The Hall–Kier alpha value is -2.50. The lowest BCUT2D eigenvalue weighted by Crippen LogP contribution is -2.04. The smallest absolute Gasteiger partial charge is 0.143 e.